The molecule has 6 aliphatic rings. The normalized spacial score (nSPS) is 52.4. The predicted molar refractivity (Wildman–Crippen MR) is 152 cm³/mol. The lowest BCUT2D eigenvalue weighted by atomic mass is 9.38. The van der Waals surface area contributed by atoms with Gasteiger partial charge >= 0.3 is 0 Å². The maximum Gasteiger partial charge on any atom is 0.231 e. The summed E-state index contributed by atoms with van der Waals surface area (Å²) in [5.41, 5.74) is 0.996. The Morgan fingerprint density at radius 3 is 2.36 bits per heavy atom. The lowest BCUT2D eigenvalue weighted by Crippen LogP contribution is -2.61. The highest BCUT2D eigenvalue weighted by molar-refractivity contribution is 5.96. The van der Waals surface area contributed by atoms with E-state index in [0.29, 0.717) is 46.0 Å². The second-order valence-corrected chi connectivity index (χ2v) is 15.8. The maximum atomic E-state index is 12.6. The summed E-state index contributed by atoms with van der Waals surface area (Å²) < 4.78 is 13.5. The van der Waals surface area contributed by atoms with Crippen LogP contribution in [0.4, 0.5) is 0 Å². The van der Waals surface area contributed by atoms with Crippen molar-refractivity contribution in [3.8, 4) is 0 Å². The number of rotatable bonds is 3. The van der Waals surface area contributed by atoms with Gasteiger partial charge in [-0.1, -0.05) is 34.6 Å². The summed E-state index contributed by atoms with van der Waals surface area (Å²) in [5.74, 6) is 3.29. The Balaban J connectivity index is 1.16. The molecule has 0 aromatic carbocycles. The molecule has 6 heteroatoms. The van der Waals surface area contributed by atoms with Gasteiger partial charge in [0.2, 0.25) is 11.8 Å². The van der Waals surface area contributed by atoms with Crippen LogP contribution in [-0.4, -0.2) is 55.3 Å². The van der Waals surface area contributed by atoms with Crippen molar-refractivity contribution in [1.82, 2.24) is 10.2 Å². The smallest absolute Gasteiger partial charge is 0.231 e. The van der Waals surface area contributed by atoms with Crippen molar-refractivity contribution in [2.45, 2.75) is 123 Å². The molecule has 0 aromatic heterocycles. The Morgan fingerprint density at radius 1 is 0.897 bits per heavy atom. The van der Waals surface area contributed by atoms with E-state index in [9.17, 15) is 9.59 Å². The SMILES string of the molecule is C[C@H]1CC[C@@]2(OC1)O[C@H]1C[C@H]3[C@@H]4CC[C@@H]5C[C@@H](NC(=O)CC(=O)N(C)C)CC[C@]5(C)[C@@]4(C)CC[C@]3(C)[C@H]1[C@@H]2C. The third kappa shape index (κ3) is 4.07. The van der Waals surface area contributed by atoms with Gasteiger partial charge in [-0.25, -0.2) is 0 Å². The van der Waals surface area contributed by atoms with Crippen LogP contribution < -0.4 is 5.32 Å². The second-order valence-electron chi connectivity index (χ2n) is 15.8. The zero-order chi connectivity index (χ0) is 28.0. The van der Waals surface area contributed by atoms with Gasteiger partial charge < -0.3 is 19.7 Å². The summed E-state index contributed by atoms with van der Waals surface area (Å²) in [7, 11) is 3.42. The molecule has 2 aliphatic heterocycles. The van der Waals surface area contributed by atoms with E-state index < -0.39 is 0 Å². The van der Waals surface area contributed by atoms with Crippen LogP contribution in [0.15, 0.2) is 0 Å². The summed E-state index contributed by atoms with van der Waals surface area (Å²) >= 11 is 0. The van der Waals surface area contributed by atoms with Gasteiger partial charge in [-0.05, 0) is 104 Å². The van der Waals surface area contributed by atoms with Crippen LogP contribution in [0.5, 0.6) is 0 Å². The molecule has 2 amide bonds. The lowest BCUT2D eigenvalue weighted by molar-refractivity contribution is -0.274. The van der Waals surface area contributed by atoms with Crippen molar-refractivity contribution < 1.29 is 19.1 Å². The van der Waals surface area contributed by atoms with Crippen LogP contribution in [0, 0.1) is 51.8 Å². The van der Waals surface area contributed by atoms with E-state index in [1.807, 2.05) is 0 Å². The molecule has 6 fully saturated rings. The number of hydrogen-bond acceptors (Lipinski definition) is 4. The number of fused-ring (bicyclic) bond motifs is 7. The maximum absolute atomic E-state index is 12.6. The zero-order valence-electron chi connectivity index (χ0n) is 25.7. The zero-order valence-corrected chi connectivity index (χ0v) is 25.7. The van der Waals surface area contributed by atoms with Gasteiger partial charge in [0.15, 0.2) is 5.79 Å². The summed E-state index contributed by atoms with van der Waals surface area (Å²) in [5, 5.41) is 3.23. The minimum atomic E-state index is -0.333. The van der Waals surface area contributed by atoms with Gasteiger partial charge in [-0.2, -0.15) is 0 Å². The van der Waals surface area contributed by atoms with E-state index in [2.05, 4.69) is 39.9 Å². The average Bonchev–Trinajstić information content (AvgIpc) is 3.32. The van der Waals surface area contributed by atoms with E-state index in [0.717, 1.165) is 37.7 Å². The second kappa shape index (κ2) is 9.44. The van der Waals surface area contributed by atoms with Crippen LogP contribution in [0.3, 0.4) is 0 Å². The van der Waals surface area contributed by atoms with Crippen LogP contribution in [0.1, 0.15) is 105 Å². The third-order valence-corrected chi connectivity index (χ3v) is 14.0. The average molecular weight is 543 g/mol. The van der Waals surface area contributed by atoms with Gasteiger partial charge in [0, 0.05) is 32.5 Å². The molecule has 0 bridgehead atoms. The molecule has 2 saturated heterocycles. The van der Waals surface area contributed by atoms with Gasteiger partial charge in [-0.15, -0.1) is 0 Å². The van der Waals surface area contributed by atoms with E-state index >= 15 is 0 Å². The minimum Gasteiger partial charge on any atom is -0.353 e. The molecule has 2 heterocycles. The van der Waals surface area contributed by atoms with Crippen LogP contribution in [0.25, 0.3) is 0 Å². The van der Waals surface area contributed by atoms with E-state index in [4.69, 9.17) is 9.47 Å². The number of amides is 2. The Labute approximate surface area is 236 Å². The van der Waals surface area contributed by atoms with E-state index in [1.54, 1.807) is 14.1 Å². The topological polar surface area (TPSA) is 67.9 Å². The molecule has 1 N–H and O–H groups in total. The highest BCUT2D eigenvalue weighted by atomic mass is 16.7. The molecule has 0 radical (unpaired) electrons. The van der Waals surface area contributed by atoms with E-state index in [-0.39, 0.29) is 30.1 Å². The van der Waals surface area contributed by atoms with Gasteiger partial charge in [-0.3, -0.25) is 9.59 Å². The number of hydrogen-bond donors (Lipinski definition) is 1. The molecule has 0 aromatic rings. The lowest BCUT2D eigenvalue weighted by Gasteiger charge is -2.67. The Kier molecular flexibility index (Phi) is 6.78. The molecular formula is C33H54N2O4. The first kappa shape index (κ1) is 28.0. The largest absolute Gasteiger partial charge is 0.353 e. The quantitative estimate of drug-likeness (QED) is 0.459. The number of carbonyl (C=O) groups is 2. The van der Waals surface area contributed by atoms with Crippen molar-refractivity contribution in [3.05, 3.63) is 0 Å². The highest BCUT2D eigenvalue weighted by Crippen LogP contribution is 2.75. The molecule has 0 unspecified atom stereocenters. The number of carbonyl (C=O) groups excluding carboxylic acids is 2. The molecule has 39 heavy (non-hydrogen) atoms. The Hall–Kier alpha value is -1.14. The van der Waals surface area contributed by atoms with Crippen LogP contribution >= 0.6 is 0 Å². The van der Waals surface area contributed by atoms with Gasteiger partial charge in [0.25, 0.3) is 0 Å². The van der Waals surface area contributed by atoms with Crippen molar-refractivity contribution in [3.63, 3.8) is 0 Å². The Bertz CT molecular complexity index is 990. The standard InChI is InChI=1S/C33H54N2O4/c1-20-10-13-33(38-19-20)21(2)29-26(39-33)17-25-24-9-8-22-16-23(34-27(36)18-28(37)35(6)7)11-12-31(22,4)32(24,5)15-14-30(25,29)3/h20-26,29H,8-19H2,1-7H3,(H,34,36)/t20-,21-,22+,23-,24-,25-,26-,29-,30-,31-,32-,33+/m0/s1. The molecular weight excluding hydrogens is 488 g/mol. The van der Waals surface area contributed by atoms with Gasteiger partial charge in [0.05, 0.1) is 12.7 Å². The summed E-state index contributed by atoms with van der Waals surface area (Å²) in [4.78, 5) is 26.1. The monoisotopic (exact) mass is 542 g/mol. The number of nitrogens with one attached hydrogen (secondary N) is 1. The van der Waals surface area contributed by atoms with Crippen LogP contribution in [-0.2, 0) is 19.1 Å². The number of ether oxygens (including phenoxy) is 2. The van der Waals surface area contributed by atoms with Crippen molar-refractivity contribution in [2.75, 3.05) is 20.7 Å². The molecule has 1 spiro atoms. The summed E-state index contributed by atoms with van der Waals surface area (Å²) in [6, 6.07) is 0.203. The van der Waals surface area contributed by atoms with E-state index in [1.165, 1.54) is 49.8 Å². The van der Waals surface area contributed by atoms with Crippen molar-refractivity contribution in [2.24, 2.45) is 51.8 Å². The first-order valence-electron chi connectivity index (χ1n) is 16.1. The van der Waals surface area contributed by atoms with Crippen LogP contribution in [0.2, 0.25) is 0 Å². The first-order chi connectivity index (χ1) is 18.3. The third-order valence-electron chi connectivity index (χ3n) is 14.0. The fraction of sp³-hybridized carbons (Fsp3) is 0.939. The molecule has 4 saturated carbocycles. The molecule has 6 rings (SSSR count). The molecule has 6 nitrogen and oxygen atoms in total. The number of nitrogens with zero attached hydrogens (tertiary/aromatic N) is 1. The first-order valence-corrected chi connectivity index (χ1v) is 16.1. The summed E-state index contributed by atoms with van der Waals surface area (Å²) in [6.45, 7) is 13.5. The van der Waals surface area contributed by atoms with Gasteiger partial charge in [0.1, 0.15) is 6.42 Å². The van der Waals surface area contributed by atoms with Crippen molar-refractivity contribution >= 4 is 11.8 Å². The molecule has 4 aliphatic carbocycles. The fourth-order valence-corrected chi connectivity index (χ4v) is 11.4. The fourth-order valence-electron chi connectivity index (χ4n) is 11.4. The highest BCUT2D eigenvalue weighted by Gasteiger charge is 2.71. The predicted octanol–water partition coefficient (Wildman–Crippen LogP) is 5.79. The Morgan fingerprint density at radius 2 is 1.67 bits per heavy atom. The summed E-state index contributed by atoms with van der Waals surface area (Å²) in [6.07, 6.45) is 12.3. The van der Waals surface area contributed by atoms with Crippen molar-refractivity contribution in [1.29, 1.82) is 0 Å². The minimum absolute atomic E-state index is 0.0420. The molecule has 220 valence electrons. The molecule has 12 atom stereocenters.